The quantitative estimate of drug-likeness (QED) is 0.393. The second kappa shape index (κ2) is 9.56. The Labute approximate surface area is 165 Å². The molecular formula is C18H18ClN3O6. The predicted octanol–water partition coefficient (Wildman–Crippen LogP) is 3.19. The van der Waals surface area contributed by atoms with Gasteiger partial charge in [0.25, 0.3) is 5.91 Å². The van der Waals surface area contributed by atoms with E-state index in [1.54, 1.807) is 32.0 Å². The van der Waals surface area contributed by atoms with E-state index >= 15 is 0 Å². The average Bonchev–Trinajstić information content (AvgIpc) is 2.63. The molecule has 28 heavy (non-hydrogen) atoms. The number of phenolic OH excluding ortho intramolecular Hbond substituents is 1. The summed E-state index contributed by atoms with van der Waals surface area (Å²) in [4.78, 5) is 22.1. The maximum Gasteiger partial charge on any atom is 0.315 e. The Balaban J connectivity index is 2.01. The van der Waals surface area contributed by atoms with Crippen LogP contribution in [-0.2, 0) is 4.79 Å². The van der Waals surface area contributed by atoms with Gasteiger partial charge in [-0.3, -0.25) is 14.9 Å². The maximum atomic E-state index is 11.8. The van der Waals surface area contributed by atoms with Gasteiger partial charge in [0.1, 0.15) is 5.75 Å². The zero-order chi connectivity index (χ0) is 20.7. The van der Waals surface area contributed by atoms with Crippen molar-refractivity contribution in [3.8, 4) is 17.2 Å². The number of halogens is 1. The van der Waals surface area contributed by atoms with E-state index in [1.165, 1.54) is 12.3 Å². The van der Waals surface area contributed by atoms with Gasteiger partial charge in [-0.2, -0.15) is 5.10 Å². The van der Waals surface area contributed by atoms with Crippen molar-refractivity contribution in [3.05, 3.63) is 56.6 Å². The number of nitro groups is 1. The number of phenols is 1. The van der Waals surface area contributed by atoms with Crippen LogP contribution in [0.15, 0.2) is 35.4 Å². The smallest absolute Gasteiger partial charge is 0.315 e. The van der Waals surface area contributed by atoms with Gasteiger partial charge in [-0.15, -0.1) is 0 Å². The molecule has 2 aromatic rings. The molecule has 148 valence electrons. The van der Waals surface area contributed by atoms with Crippen LogP contribution in [0.4, 0.5) is 5.69 Å². The summed E-state index contributed by atoms with van der Waals surface area (Å²) >= 11 is 5.86. The highest BCUT2D eigenvalue weighted by Crippen LogP contribution is 2.36. The molecule has 0 fully saturated rings. The Morgan fingerprint density at radius 2 is 2.07 bits per heavy atom. The number of carbonyl (C=O) groups excluding carboxylic acids is 1. The number of hydrazone groups is 1. The molecule has 0 aliphatic carbocycles. The molecular weight excluding hydrogens is 390 g/mol. The highest BCUT2D eigenvalue weighted by molar-refractivity contribution is 6.30. The average molecular weight is 408 g/mol. The Hall–Kier alpha value is -3.33. The number of rotatable bonds is 8. The van der Waals surface area contributed by atoms with Crippen molar-refractivity contribution in [1.29, 1.82) is 0 Å². The van der Waals surface area contributed by atoms with E-state index in [0.717, 1.165) is 11.6 Å². The first kappa shape index (κ1) is 21.0. The van der Waals surface area contributed by atoms with Gasteiger partial charge in [0, 0.05) is 16.7 Å². The topological polar surface area (TPSA) is 123 Å². The van der Waals surface area contributed by atoms with E-state index in [4.69, 9.17) is 21.1 Å². The first-order valence-corrected chi connectivity index (χ1v) is 8.54. The van der Waals surface area contributed by atoms with Crippen LogP contribution >= 0.6 is 11.6 Å². The number of aryl methyl sites for hydroxylation is 1. The molecule has 0 bridgehead atoms. The molecule has 9 nitrogen and oxygen atoms in total. The second-order valence-corrected chi connectivity index (χ2v) is 6.01. The minimum absolute atomic E-state index is 0.0500. The summed E-state index contributed by atoms with van der Waals surface area (Å²) in [6.45, 7) is 3.41. The number of nitrogens with one attached hydrogen (secondary N) is 1. The van der Waals surface area contributed by atoms with E-state index in [1.807, 2.05) is 0 Å². The fraction of sp³-hybridized carbons (Fsp3) is 0.222. The molecule has 2 aromatic carbocycles. The molecule has 0 radical (unpaired) electrons. The molecule has 0 atom stereocenters. The molecule has 0 saturated carbocycles. The van der Waals surface area contributed by atoms with E-state index in [-0.39, 0.29) is 24.5 Å². The summed E-state index contributed by atoms with van der Waals surface area (Å²) in [6.07, 6.45) is 1.19. The van der Waals surface area contributed by atoms with Crippen molar-refractivity contribution in [3.63, 3.8) is 0 Å². The molecule has 0 unspecified atom stereocenters. The number of hydrogen-bond donors (Lipinski definition) is 2. The van der Waals surface area contributed by atoms with E-state index in [9.17, 15) is 20.0 Å². The number of amides is 1. The van der Waals surface area contributed by atoms with Crippen molar-refractivity contribution in [2.75, 3.05) is 13.2 Å². The molecule has 0 aliphatic heterocycles. The third kappa shape index (κ3) is 5.58. The Morgan fingerprint density at radius 3 is 2.71 bits per heavy atom. The van der Waals surface area contributed by atoms with Crippen LogP contribution in [-0.4, -0.2) is 35.4 Å². The molecule has 0 saturated heterocycles. The zero-order valence-electron chi connectivity index (χ0n) is 15.1. The summed E-state index contributed by atoms with van der Waals surface area (Å²) < 4.78 is 10.6. The van der Waals surface area contributed by atoms with Gasteiger partial charge in [-0.25, -0.2) is 5.43 Å². The maximum absolute atomic E-state index is 11.8. The first-order valence-electron chi connectivity index (χ1n) is 8.16. The lowest BCUT2D eigenvalue weighted by molar-refractivity contribution is -0.386. The van der Waals surface area contributed by atoms with Crippen molar-refractivity contribution in [2.24, 2.45) is 5.10 Å². The highest BCUT2D eigenvalue weighted by atomic mass is 35.5. The third-order valence-corrected chi connectivity index (χ3v) is 3.71. The number of carbonyl (C=O) groups is 1. The highest BCUT2D eigenvalue weighted by Gasteiger charge is 2.19. The van der Waals surface area contributed by atoms with Gasteiger partial charge in [-0.05, 0) is 43.7 Å². The first-order chi connectivity index (χ1) is 13.3. The number of hydrogen-bond acceptors (Lipinski definition) is 7. The number of nitro benzene ring substituents is 1. The fourth-order valence-electron chi connectivity index (χ4n) is 2.22. The SMILES string of the molecule is CCOc1cc(/C=N\NC(=O)COc2ccc(Cl)cc2C)cc([N+](=O)[O-])c1O. The van der Waals surface area contributed by atoms with Gasteiger partial charge in [-0.1, -0.05) is 11.6 Å². The molecule has 0 spiro atoms. The Kier molecular flexibility index (Phi) is 7.16. The predicted molar refractivity (Wildman–Crippen MR) is 103 cm³/mol. The third-order valence-electron chi connectivity index (χ3n) is 3.47. The largest absolute Gasteiger partial charge is 0.500 e. The minimum Gasteiger partial charge on any atom is -0.500 e. The van der Waals surface area contributed by atoms with Gasteiger partial charge in [0.2, 0.25) is 5.75 Å². The van der Waals surface area contributed by atoms with E-state index < -0.39 is 22.3 Å². The van der Waals surface area contributed by atoms with Crippen LogP contribution in [0.25, 0.3) is 0 Å². The fourth-order valence-corrected chi connectivity index (χ4v) is 2.45. The van der Waals surface area contributed by atoms with E-state index in [2.05, 4.69) is 10.5 Å². The molecule has 0 aromatic heterocycles. The molecule has 2 rings (SSSR count). The van der Waals surface area contributed by atoms with Crippen molar-refractivity contribution in [2.45, 2.75) is 13.8 Å². The van der Waals surface area contributed by atoms with Gasteiger partial charge in [0.15, 0.2) is 12.4 Å². The number of nitrogens with zero attached hydrogens (tertiary/aromatic N) is 2. The standard InChI is InChI=1S/C18H18ClN3O6/c1-3-27-16-8-12(7-14(18(16)24)22(25)26)9-20-21-17(23)10-28-15-5-4-13(19)6-11(15)2/h4-9,24H,3,10H2,1-2H3,(H,21,23)/b20-9-. The zero-order valence-corrected chi connectivity index (χ0v) is 15.9. The van der Waals surface area contributed by atoms with Gasteiger partial charge in [0.05, 0.1) is 17.7 Å². The monoisotopic (exact) mass is 407 g/mol. The lowest BCUT2D eigenvalue weighted by Crippen LogP contribution is -2.24. The summed E-state index contributed by atoms with van der Waals surface area (Å²) in [5.41, 5.74) is 2.77. The molecule has 2 N–H and O–H groups in total. The normalized spacial score (nSPS) is 10.7. The van der Waals surface area contributed by atoms with Gasteiger partial charge >= 0.3 is 5.69 Å². The van der Waals surface area contributed by atoms with Crippen molar-refractivity contribution in [1.82, 2.24) is 5.43 Å². The molecule has 1 amide bonds. The lowest BCUT2D eigenvalue weighted by Gasteiger charge is -2.08. The van der Waals surface area contributed by atoms with Crippen LogP contribution in [0.5, 0.6) is 17.2 Å². The summed E-state index contributed by atoms with van der Waals surface area (Å²) in [5.74, 6) is -0.631. The second-order valence-electron chi connectivity index (χ2n) is 5.57. The molecule has 0 aliphatic rings. The van der Waals surface area contributed by atoms with Crippen LogP contribution in [0.2, 0.25) is 5.02 Å². The van der Waals surface area contributed by atoms with Crippen LogP contribution < -0.4 is 14.9 Å². The number of aromatic hydroxyl groups is 1. The Bertz CT molecular complexity index is 916. The van der Waals surface area contributed by atoms with Crippen molar-refractivity contribution < 1.29 is 24.3 Å². The Morgan fingerprint density at radius 1 is 1.32 bits per heavy atom. The molecule has 0 heterocycles. The lowest BCUT2D eigenvalue weighted by atomic mass is 10.2. The minimum atomic E-state index is -0.740. The van der Waals surface area contributed by atoms with Crippen LogP contribution in [0.3, 0.4) is 0 Å². The van der Waals surface area contributed by atoms with Gasteiger partial charge < -0.3 is 14.6 Å². The summed E-state index contributed by atoms with van der Waals surface area (Å²) in [7, 11) is 0. The number of benzene rings is 2. The summed E-state index contributed by atoms with van der Waals surface area (Å²) in [5, 5.41) is 25.2. The van der Waals surface area contributed by atoms with E-state index in [0.29, 0.717) is 10.8 Å². The summed E-state index contributed by atoms with van der Waals surface area (Å²) in [6, 6.07) is 7.49. The number of ether oxygens (including phenoxy) is 2. The van der Waals surface area contributed by atoms with Crippen molar-refractivity contribution >= 4 is 29.4 Å². The van der Waals surface area contributed by atoms with Crippen LogP contribution in [0, 0.1) is 17.0 Å². The van der Waals surface area contributed by atoms with Crippen LogP contribution in [0.1, 0.15) is 18.1 Å². The molecule has 10 heteroatoms.